The Labute approximate surface area is 120 Å². The molecule has 6 heteroatoms. The van der Waals surface area contributed by atoms with E-state index < -0.39 is 0 Å². The lowest BCUT2D eigenvalue weighted by Gasteiger charge is -2.40. The molecule has 3 N–H and O–H groups in total. The predicted octanol–water partition coefficient (Wildman–Crippen LogP) is 0.233. The molecule has 1 heterocycles. The minimum Gasteiger partial charge on any atom is -0.340 e. The average Bonchev–Trinajstić information content (AvgIpc) is 2.53. The molecular weight excluding hydrogens is 256 g/mol. The van der Waals surface area contributed by atoms with Gasteiger partial charge in [-0.15, -0.1) is 0 Å². The molecule has 20 heavy (non-hydrogen) atoms. The number of nitrogens with one attached hydrogen (secondary N) is 1. The van der Waals surface area contributed by atoms with E-state index in [0.29, 0.717) is 0 Å². The van der Waals surface area contributed by atoms with Gasteiger partial charge in [0.2, 0.25) is 11.8 Å². The molecule has 2 fully saturated rings. The maximum absolute atomic E-state index is 12.0. The number of hydrogen-bond donors (Lipinski definition) is 2. The summed E-state index contributed by atoms with van der Waals surface area (Å²) in [4.78, 5) is 27.4. The van der Waals surface area contributed by atoms with Crippen LogP contribution in [0.4, 0.5) is 0 Å². The zero-order valence-electron chi connectivity index (χ0n) is 12.1. The van der Waals surface area contributed by atoms with E-state index in [1.165, 1.54) is 32.1 Å². The molecule has 1 saturated carbocycles. The number of hydrogen-bond acceptors (Lipinski definition) is 4. The third-order valence-corrected chi connectivity index (χ3v) is 4.48. The zero-order chi connectivity index (χ0) is 14.4. The quantitative estimate of drug-likeness (QED) is 0.440. The Balaban J connectivity index is 1.70. The van der Waals surface area contributed by atoms with Crippen molar-refractivity contribution in [2.75, 3.05) is 26.2 Å². The number of carbonyl (C=O) groups excluding carboxylic acids is 2. The summed E-state index contributed by atoms with van der Waals surface area (Å²) in [6, 6.07) is 0.726. The van der Waals surface area contributed by atoms with Crippen molar-refractivity contribution in [1.29, 1.82) is 0 Å². The first-order valence-corrected chi connectivity index (χ1v) is 7.72. The van der Waals surface area contributed by atoms with E-state index in [9.17, 15) is 9.59 Å². The van der Waals surface area contributed by atoms with Crippen LogP contribution in [0.2, 0.25) is 0 Å². The summed E-state index contributed by atoms with van der Waals surface area (Å²) in [6.45, 7) is 3.53. The fraction of sp³-hybridized carbons (Fsp3) is 0.857. The number of amides is 2. The molecule has 0 aromatic heterocycles. The van der Waals surface area contributed by atoms with Gasteiger partial charge in [-0.1, -0.05) is 19.3 Å². The maximum atomic E-state index is 12.0. The van der Waals surface area contributed by atoms with Gasteiger partial charge >= 0.3 is 0 Å². The van der Waals surface area contributed by atoms with E-state index in [1.54, 1.807) is 0 Å². The molecule has 0 radical (unpaired) electrons. The predicted molar refractivity (Wildman–Crippen MR) is 76.6 cm³/mol. The first kappa shape index (κ1) is 15.3. The topological polar surface area (TPSA) is 78.7 Å². The molecule has 2 rings (SSSR count). The van der Waals surface area contributed by atoms with Crippen molar-refractivity contribution in [1.82, 2.24) is 15.2 Å². The van der Waals surface area contributed by atoms with Gasteiger partial charge in [-0.05, 0) is 12.8 Å². The third kappa shape index (κ3) is 4.18. The molecule has 114 valence electrons. The van der Waals surface area contributed by atoms with E-state index in [0.717, 1.165) is 32.2 Å². The van der Waals surface area contributed by atoms with Gasteiger partial charge in [-0.25, -0.2) is 5.84 Å². The lowest BCUT2D eigenvalue weighted by Crippen LogP contribution is -2.52. The van der Waals surface area contributed by atoms with Gasteiger partial charge in [0.1, 0.15) is 0 Å². The number of rotatable bonds is 4. The van der Waals surface area contributed by atoms with Crippen molar-refractivity contribution in [3.05, 3.63) is 0 Å². The second-order valence-corrected chi connectivity index (χ2v) is 5.78. The van der Waals surface area contributed by atoms with E-state index in [1.807, 2.05) is 4.90 Å². The molecule has 1 aliphatic heterocycles. The summed E-state index contributed by atoms with van der Waals surface area (Å²) in [6.07, 6.45) is 7.12. The normalized spacial score (nSPS) is 21.8. The van der Waals surface area contributed by atoms with Crippen LogP contribution in [0.5, 0.6) is 0 Å². The van der Waals surface area contributed by atoms with Crippen molar-refractivity contribution in [2.45, 2.75) is 51.0 Å². The fourth-order valence-electron chi connectivity index (χ4n) is 3.23. The summed E-state index contributed by atoms with van der Waals surface area (Å²) in [5.74, 6) is 4.79. The van der Waals surface area contributed by atoms with Gasteiger partial charge in [0.15, 0.2) is 0 Å². The Morgan fingerprint density at radius 3 is 2.25 bits per heavy atom. The minimum atomic E-state index is -0.279. The Hall–Kier alpha value is -1.14. The van der Waals surface area contributed by atoms with E-state index in [2.05, 4.69) is 10.3 Å². The Kier molecular flexibility index (Phi) is 5.79. The number of piperazine rings is 1. The van der Waals surface area contributed by atoms with Crippen molar-refractivity contribution in [2.24, 2.45) is 5.84 Å². The molecule has 2 aliphatic rings. The van der Waals surface area contributed by atoms with E-state index in [4.69, 9.17) is 5.84 Å². The summed E-state index contributed by atoms with van der Waals surface area (Å²) in [5.41, 5.74) is 2.06. The van der Waals surface area contributed by atoms with Crippen molar-refractivity contribution >= 4 is 11.8 Å². The van der Waals surface area contributed by atoms with Crippen LogP contribution >= 0.6 is 0 Å². The maximum Gasteiger partial charge on any atom is 0.234 e. The van der Waals surface area contributed by atoms with Crippen LogP contribution in [0, 0.1) is 0 Å². The molecule has 1 saturated heterocycles. The Morgan fingerprint density at radius 2 is 1.65 bits per heavy atom. The third-order valence-electron chi connectivity index (χ3n) is 4.48. The lowest BCUT2D eigenvalue weighted by molar-refractivity contribution is -0.135. The fourth-order valence-corrected chi connectivity index (χ4v) is 3.23. The molecule has 0 aromatic carbocycles. The second-order valence-electron chi connectivity index (χ2n) is 5.78. The highest BCUT2D eigenvalue weighted by atomic mass is 16.2. The Morgan fingerprint density at radius 1 is 1.00 bits per heavy atom. The van der Waals surface area contributed by atoms with Crippen LogP contribution in [0.15, 0.2) is 0 Å². The van der Waals surface area contributed by atoms with Gasteiger partial charge < -0.3 is 4.90 Å². The van der Waals surface area contributed by atoms with Gasteiger partial charge in [0.05, 0.1) is 0 Å². The molecule has 1 aliphatic carbocycles. The van der Waals surface area contributed by atoms with Crippen LogP contribution in [0.3, 0.4) is 0 Å². The van der Waals surface area contributed by atoms with Crippen molar-refractivity contribution in [3.8, 4) is 0 Å². The summed E-state index contributed by atoms with van der Waals surface area (Å²) < 4.78 is 0. The average molecular weight is 282 g/mol. The SMILES string of the molecule is NNC(=O)CCC(=O)N1CCN(C2CCCCC2)CC1. The van der Waals surface area contributed by atoms with Crippen LogP contribution < -0.4 is 11.3 Å². The molecular formula is C14H26N4O2. The van der Waals surface area contributed by atoms with Crippen molar-refractivity contribution < 1.29 is 9.59 Å². The molecule has 0 aromatic rings. The van der Waals surface area contributed by atoms with Crippen LogP contribution in [0.25, 0.3) is 0 Å². The van der Waals surface area contributed by atoms with E-state index in [-0.39, 0.29) is 24.7 Å². The molecule has 0 atom stereocenters. The standard InChI is InChI=1S/C14H26N4O2/c15-16-13(19)6-7-14(20)18-10-8-17(9-11-18)12-4-2-1-3-5-12/h12H,1-11,15H2,(H,16,19). The zero-order valence-corrected chi connectivity index (χ0v) is 12.1. The summed E-state index contributed by atoms with van der Waals surface area (Å²) in [7, 11) is 0. The van der Waals surface area contributed by atoms with Crippen LogP contribution in [-0.2, 0) is 9.59 Å². The molecule has 2 amide bonds. The first-order chi connectivity index (χ1) is 9.70. The number of carbonyl (C=O) groups is 2. The Bertz CT molecular complexity index is 334. The van der Waals surface area contributed by atoms with Crippen LogP contribution in [0.1, 0.15) is 44.9 Å². The lowest BCUT2D eigenvalue weighted by atomic mass is 9.94. The minimum absolute atomic E-state index is 0.0666. The smallest absolute Gasteiger partial charge is 0.234 e. The largest absolute Gasteiger partial charge is 0.340 e. The van der Waals surface area contributed by atoms with Crippen LogP contribution in [-0.4, -0.2) is 53.8 Å². The highest BCUT2D eigenvalue weighted by Crippen LogP contribution is 2.23. The molecule has 0 spiro atoms. The van der Waals surface area contributed by atoms with Gasteiger partial charge in [-0.3, -0.25) is 19.9 Å². The van der Waals surface area contributed by atoms with Gasteiger partial charge in [-0.2, -0.15) is 0 Å². The number of nitrogens with two attached hydrogens (primary N) is 1. The molecule has 6 nitrogen and oxygen atoms in total. The molecule has 0 bridgehead atoms. The number of hydrazine groups is 1. The van der Waals surface area contributed by atoms with Gasteiger partial charge in [0.25, 0.3) is 0 Å². The molecule has 0 unspecified atom stereocenters. The number of nitrogens with zero attached hydrogens (tertiary/aromatic N) is 2. The van der Waals surface area contributed by atoms with E-state index >= 15 is 0 Å². The van der Waals surface area contributed by atoms with Gasteiger partial charge in [0, 0.05) is 45.1 Å². The second kappa shape index (κ2) is 7.59. The monoisotopic (exact) mass is 282 g/mol. The first-order valence-electron chi connectivity index (χ1n) is 7.72. The van der Waals surface area contributed by atoms with Crippen molar-refractivity contribution in [3.63, 3.8) is 0 Å². The summed E-state index contributed by atoms with van der Waals surface area (Å²) in [5, 5.41) is 0. The highest BCUT2D eigenvalue weighted by molar-refractivity contribution is 5.83. The summed E-state index contributed by atoms with van der Waals surface area (Å²) >= 11 is 0. The highest BCUT2D eigenvalue weighted by Gasteiger charge is 2.26.